The maximum Gasteiger partial charge on any atom is 0.329 e. The Morgan fingerprint density at radius 2 is 2.07 bits per heavy atom. The van der Waals surface area contributed by atoms with Crippen molar-refractivity contribution in [3.05, 3.63) is 48.2 Å². The number of nitrogens with zero attached hydrogens (tertiary/aromatic N) is 3. The van der Waals surface area contributed by atoms with E-state index < -0.39 is 16.1 Å². The number of sulfonamides is 1. The Kier molecular flexibility index (Phi) is 5.85. The van der Waals surface area contributed by atoms with Crippen LogP contribution in [0.15, 0.2) is 47.6 Å². The minimum Gasteiger partial charge on any atom is -0.464 e. The highest BCUT2D eigenvalue weighted by Gasteiger charge is 2.39. The van der Waals surface area contributed by atoms with E-state index in [4.69, 9.17) is 9.47 Å². The van der Waals surface area contributed by atoms with Crippen molar-refractivity contribution in [2.45, 2.75) is 24.4 Å². The quantitative estimate of drug-likeness (QED) is 0.649. The van der Waals surface area contributed by atoms with Crippen LogP contribution >= 0.6 is 0 Å². The van der Waals surface area contributed by atoms with E-state index in [9.17, 15) is 13.2 Å². The number of carbonyl (C=O) groups excluding carboxylic acids is 1. The Bertz CT molecular complexity index is 949. The van der Waals surface area contributed by atoms with Crippen LogP contribution in [0.5, 0.6) is 0 Å². The first-order valence-corrected chi connectivity index (χ1v) is 10.3. The molecule has 2 heterocycles. The molecule has 0 radical (unpaired) electrons. The third-order valence-electron chi connectivity index (χ3n) is 4.60. The molecule has 0 N–H and O–H groups in total. The van der Waals surface area contributed by atoms with Gasteiger partial charge >= 0.3 is 5.97 Å². The van der Waals surface area contributed by atoms with Gasteiger partial charge in [0.2, 0.25) is 0 Å². The highest BCUT2D eigenvalue weighted by molar-refractivity contribution is 7.92. The van der Waals surface area contributed by atoms with E-state index in [1.165, 1.54) is 30.7 Å². The maximum atomic E-state index is 13.0. The number of pyridine rings is 1. The van der Waals surface area contributed by atoms with E-state index in [-0.39, 0.29) is 24.3 Å². The Labute approximate surface area is 164 Å². The number of methoxy groups -OCH3 is 1. The van der Waals surface area contributed by atoms with Gasteiger partial charge in [-0.15, -0.1) is 0 Å². The highest BCUT2D eigenvalue weighted by atomic mass is 32.2. The van der Waals surface area contributed by atoms with Gasteiger partial charge in [-0.25, -0.2) is 9.78 Å². The molecule has 0 bridgehead atoms. The molecule has 8 nitrogen and oxygen atoms in total. The van der Waals surface area contributed by atoms with Gasteiger partial charge < -0.3 is 14.4 Å². The minimum absolute atomic E-state index is 0.0478. The fourth-order valence-electron chi connectivity index (χ4n) is 3.31. The fourth-order valence-corrected chi connectivity index (χ4v) is 4.45. The van der Waals surface area contributed by atoms with Crippen molar-refractivity contribution in [1.29, 1.82) is 0 Å². The van der Waals surface area contributed by atoms with Crippen molar-refractivity contribution >= 4 is 27.4 Å². The molecule has 150 valence electrons. The summed E-state index contributed by atoms with van der Waals surface area (Å²) in [6.07, 6.45) is 1.85. The monoisotopic (exact) mass is 405 g/mol. The second kappa shape index (κ2) is 8.15. The molecule has 1 atom stereocenters. The maximum absolute atomic E-state index is 13.0. The summed E-state index contributed by atoms with van der Waals surface area (Å²) in [7, 11) is -0.862. The second-order valence-electron chi connectivity index (χ2n) is 6.28. The normalized spacial score (nSPS) is 16.0. The number of esters is 1. The van der Waals surface area contributed by atoms with Gasteiger partial charge in [0.1, 0.15) is 12.8 Å². The van der Waals surface area contributed by atoms with Crippen molar-refractivity contribution in [2.75, 3.05) is 36.7 Å². The zero-order valence-electron chi connectivity index (χ0n) is 16.0. The Hall–Kier alpha value is -2.65. The van der Waals surface area contributed by atoms with Crippen LogP contribution in [0.4, 0.5) is 11.4 Å². The number of hydrogen-bond donors (Lipinski definition) is 0. The number of benzene rings is 1. The van der Waals surface area contributed by atoms with Crippen LogP contribution in [0.2, 0.25) is 0 Å². The van der Waals surface area contributed by atoms with Crippen LogP contribution in [0.25, 0.3) is 0 Å². The smallest absolute Gasteiger partial charge is 0.329 e. The van der Waals surface area contributed by atoms with Crippen LogP contribution in [-0.4, -0.2) is 52.9 Å². The van der Waals surface area contributed by atoms with Crippen molar-refractivity contribution in [3.8, 4) is 0 Å². The average Bonchev–Trinajstić information content (AvgIpc) is 3.07. The molecule has 3 rings (SSSR count). The number of carbonyl (C=O) groups is 1. The number of aromatic nitrogens is 1. The van der Waals surface area contributed by atoms with E-state index in [1.807, 2.05) is 6.07 Å². The molecule has 0 amide bonds. The first kappa shape index (κ1) is 20.1. The van der Waals surface area contributed by atoms with Gasteiger partial charge in [0, 0.05) is 26.8 Å². The molecule has 1 aliphatic heterocycles. The molecule has 0 aliphatic carbocycles. The van der Waals surface area contributed by atoms with Crippen LogP contribution in [0, 0.1) is 0 Å². The SMILES string of the molecule is CCOC(=O)C1Cc2cccc(N(C)S(=O)(=O)c3ccccn3)c2N1COC. The molecular weight excluding hydrogens is 382 g/mol. The predicted octanol–water partition coefficient (Wildman–Crippen LogP) is 1.80. The number of ether oxygens (including phenoxy) is 2. The summed E-state index contributed by atoms with van der Waals surface area (Å²) in [5.41, 5.74) is 1.95. The lowest BCUT2D eigenvalue weighted by molar-refractivity contribution is -0.144. The summed E-state index contributed by atoms with van der Waals surface area (Å²) < 4.78 is 37.7. The van der Waals surface area contributed by atoms with Crippen molar-refractivity contribution < 1.29 is 22.7 Å². The van der Waals surface area contributed by atoms with E-state index in [2.05, 4.69) is 4.98 Å². The van der Waals surface area contributed by atoms with Gasteiger partial charge in [0.15, 0.2) is 5.03 Å². The largest absolute Gasteiger partial charge is 0.464 e. The summed E-state index contributed by atoms with van der Waals surface area (Å²) in [6, 6.07) is 9.51. The van der Waals surface area contributed by atoms with Gasteiger partial charge in [0.25, 0.3) is 10.0 Å². The summed E-state index contributed by atoms with van der Waals surface area (Å²) in [5.74, 6) is -0.364. The fraction of sp³-hybridized carbons (Fsp3) is 0.368. The molecule has 1 aromatic heterocycles. The number of anilines is 2. The average molecular weight is 405 g/mol. The third-order valence-corrected chi connectivity index (χ3v) is 6.29. The predicted molar refractivity (Wildman–Crippen MR) is 105 cm³/mol. The Morgan fingerprint density at radius 3 is 2.71 bits per heavy atom. The van der Waals surface area contributed by atoms with Crippen LogP contribution in [0.1, 0.15) is 12.5 Å². The van der Waals surface area contributed by atoms with Gasteiger partial charge in [-0.05, 0) is 30.7 Å². The number of rotatable bonds is 7. The Morgan fingerprint density at radius 1 is 1.29 bits per heavy atom. The molecule has 1 aliphatic rings. The van der Waals surface area contributed by atoms with Crippen LogP contribution in [-0.2, 0) is 30.7 Å². The molecule has 0 fully saturated rings. The first-order valence-electron chi connectivity index (χ1n) is 8.85. The standard InChI is InChI=1S/C19H23N3O5S/c1-4-27-19(23)16-12-14-8-7-9-15(18(14)22(16)13-26-3)21(2)28(24,25)17-10-5-6-11-20-17/h5-11,16H,4,12-13H2,1-3H3. The Balaban J connectivity index is 2.05. The zero-order chi connectivity index (χ0) is 20.3. The second-order valence-corrected chi connectivity index (χ2v) is 8.20. The first-order chi connectivity index (χ1) is 13.4. The van der Waals surface area contributed by atoms with Crippen molar-refractivity contribution in [1.82, 2.24) is 4.98 Å². The molecule has 0 spiro atoms. The lowest BCUT2D eigenvalue weighted by Gasteiger charge is -2.29. The molecule has 0 saturated carbocycles. The topological polar surface area (TPSA) is 89.0 Å². The summed E-state index contributed by atoms with van der Waals surface area (Å²) in [6.45, 7) is 2.15. The molecule has 2 aromatic rings. The van der Waals surface area contributed by atoms with Crippen LogP contribution in [0.3, 0.4) is 0 Å². The highest BCUT2D eigenvalue weighted by Crippen LogP contribution is 2.41. The lowest BCUT2D eigenvalue weighted by Crippen LogP contribution is -2.41. The molecule has 1 aromatic carbocycles. The summed E-state index contributed by atoms with van der Waals surface area (Å²) >= 11 is 0. The number of para-hydroxylation sites is 1. The van der Waals surface area contributed by atoms with Gasteiger partial charge in [0.05, 0.1) is 18.0 Å². The molecule has 28 heavy (non-hydrogen) atoms. The molecule has 1 unspecified atom stereocenters. The van der Waals surface area contributed by atoms with E-state index in [1.54, 1.807) is 36.1 Å². The molecule has 0 saturated heterocycles. The van der Waals surface area contributed by atoms with E-state index in [0.717, 1.165) is 5.56 Å². The van der Waals surface area contributed by atoms with Crippen LogP contribution < -0.4 is 9.21 Å². The third kappa shape index (κ3) is 3.55. The van der Waals surface area contributed by atoms with Gasteiger partial charge in [-0.2, -0.15) is 8.42 Å². The number of hydrogen-bond acceptors (Lipinski definition) is 7. The van der Waals surface area contributed by atoms with Gasteiger partial charge in [-0.1, -0.05) is 18.2 Å². The lowest BCUT2D eigenvalue weighted by atomic mass is 10.1. The molecule has 9 heteroatoms. The summed E-state index contributed by atoms with van der Waals surface area (Å²) in [4.78, 5) is 18.2. The summed E-state index contributed by atoms with van der Waals surface area (Å²) in [5, 5.41) is -0.0478. The van der Waals surface area contributed by atoms with E-state index >= 15 is 0 Å². The zero-order valence-corrected chi connectivity index (χ0v) is 16.8. The van der Waals surface area contributed by atoms with Gasteiger partial charge in [-0.3, -0.25) is 4.31 Å². The number of fused-ring (bicyclic) bond motifs is 1. The van der Waals surface area contributed by atoms with Crippen molar-refractivity contribution in [2.24, 2.45) is 0 Å². The minimum atomic E-state index is -3.86. The van der Waals surface area contributed by atoms with Crippen molar-refractivity contribution in [3.63, 3.8) is 0 Å². The van der Waals surface area contributed by atoms with E-state index in [0.29, 0.717) is 17.8 Å². The molecular formula is C19H23N3O5S.